The first-order valence-corrected chi connectivity index (χ1v) is 9.19. The largest absolute Gasteiger partial charge is 0.339 e. The van der Waals surface area contributed by atoms with Gasteiger partial charge in [-0.25, -0.2) is 22.5 Å². The lowest BCUT2D eigenvalue weighted by Crippen LogP contribution is -2.36. The minimum Gasteiger partial charge on any atom is -0.276 e. The van der Waals surface area contributed by atoms with Gasteiger partial charge in [0.05, 0.1) is 11.5 Å². The van der Waals surface area contributed by atoms with Crippen molar-refractivity contribution < 1.29 is 18.1 Å². The van der Waals surface area contributed by atoms with Crippen LogP contribution in [0.15, 0.2) is 41.3 Å². The molecule has 0 saturated carbocycles. The van der Waals surface area contributed by atoms with E-state index in [1.54, 1.807) is 13.0 Å². The minimum absolute atomic E-state index is 0.109. The number of urea groups is 1. The Labute approximate surface area is 150 Å². The molecular weight excluding hydrogens is 360 g/mol. The Balaban J connectivity index is 1.99. The Kier molecular flexibility index (Phi) is 4.36. The fourth-order valence-corrected chi connectivity index (χ4v) is 4.38. The molecule has 136 valence electrons. The summed E-state index contributed by atoms with van der Waals surface area (Å²) in [6.45, 7) is 3.63. The lowest BCUT2D eigenvalue weighted by atomic mass is 10.2. The van der Waals surface area contributed by atoms with Gasteiger partial charge < -0.3 is 0 Å². The lowest BCUT2D eigenvalue weighted by Gasteiger charge is -2.18. The Morgan fingerprint density at radius 2 is 1.85 bits per heavy atom. The van der Waals surface area contributed by atoms with Crippen LogP contribution in [-0.2, 0) is 10.0 Å². The number of amides is 2. The van der Waals surface area contributed by atoms with Crippen molar-refractivity contribution in [3.8, 4) is 0 Å². The maximum atomic E-state index is 12.8. The normalized spacial score (nSPS) is 14.8. The Morgan fingerprint density at radius 1 is 1.15 bits per heavy atom. The summed E-state index contributed by atoms with van der Waals surface area (Å²) in [6.07, 6.45) is 0. The van der Waals surface area contributed by atoms with Crippen LogP contribution in [-0.4, -0.2) is 41.8 Å². The fraction of sp³-hybridized carbons (Fsp3) is 0.250. The van der Waals surface area contributed by atoms with Crippen LogP contribution < -0.4 is 4.90 Å². The van der Waals surface area contributed by atoms with Crippen molar-refractivity contribution in [2.45, 2.75) is 18.7 Å². The Hall–Kier alpha value is -3.01. The van der Waals surface area contributed by atoms with Gasteiger partial charge in [0, 0.05) is 18.3 Å². The topological polar surface area (TPSA) is 114 Å². The zero-order valence-electron chi connectivity index (χ0n) is 14.1. The highest BCUT2D eigenvalue weighted by Gasteiger charge is 2.41. The molecule has 1 aromatic carbocycles. The summed E-state index contributed by atoms with van der Waals surface area (Å²) in [5, 5.41) is 11.1. The van der Waals surface area contributed by atoms with Gasteiger partial charge in [-0.05, 0) is 37.6 Å². The number of aryl methyl sites for hydroxylation is 2. The molecule has 1 aliphatic heterocycles. The summed E-state index contributed by atoms with van der Waals surface area (Å²) in [6, 6.07) is 7.71. The molecule has 3 rings (SSSR count). The molecule has 0 spiro atoms. The number of anilines is 1. The minimum atomic E-state index is -4.35. The zero-order valence-corrected chi connectivity index (χ0v) is 14.9. The van der Waals surface area contributed by atoms with Gasteiger partial charge in [0.2, 0.25) is 0 Å². The number of hydrogen-bond donors (Lipinski definition) is 0. The second kappa shape index (κ2) is 6.37. The van der Waals surface area contributed by atoms with E-state index in [1.165, 1.54) is 17.0 Å². The van der Waals surface area contributed by atoms with Crippen LogP contribution in [0.25, 0.3) is 0 Å². The van der Waals surface area contributed by atoms with Crippen LogP contribution in [0.1, 0.15) is 11.3 Å². The third kappa shape index (κ3) is 2.99. The van der Waals surface area contributed by atoms with Gasteiger partial charge in [0.25, 0.3) is 15.7 Å². The SMILES string of the molecule is Cc1cc(C)nc(N2CCN(S(=O)(=O)c3ccccc3[N+](=O)[O-])C2=O)c1. The number of pyridine rings is 1. The van der Waals surface area contributed by atoms with Crippen LogP contribution >= 0.6 is 0 Å². The number of rotatable bonds is 4. The van der Waals surface area contributed by atoms with Crippen molar-refractivity contribution in [2.75, 3.05) is 18.0 Å². The monoisotopic (exact) mass is 376 g/mol. The maximum Gasteiger partial charge on any atom is 0.339 e. The van der Waals surface area contributed by atoms with E-state index in [2.05, 4.69) is 4.98 Å². The van der Waals surface area contributed by atoms with Crippen molar-refractivity contribution in [3.63, 3.8) is 0 Å². The maximum absolute atomic E-state index is 12.8. The van der Waals surface area contributed by atoms with Gasteiger partial charge in [0.15, 0.2) is 4.90 Å². The van der Waals surface area contributed by atoms with E-state index in [1.807, 2.05) is 13.0 Å². The van der Waals surface area contributed by atoms with E-state index >= 15 is 0 Å². The standard InChI is InChI=1S/C16H16N4O5S/c1-11-9-12(2)17-15(10-11)18-7-8-19(16(18)21)26(24,25)14-6-4-3-5-13(14)20(22)23/h3-6,9-10H,7-8H2,1-2H3. The number of aromatic nitrogens is 1. The van der Waals surface area contributed by atoms with E-state index in [4.69, 9.17) is 0 Å². The number of sulfonamides is 1. The number of nitro groups is 1. The number of carbonyl (C=O) groups is 1. The molecule has 0 N–H and O–H groups in total. The number of hydrogen-bond acceptors (Lipinski definition) is 6. The predicted molar refractivity (Wildman–Crippen MR) is 93.4 cm³/mol. The van der Waals surface area contributed by atoms with Crippen LogP contribution in [0, 0.1) is 24.0 Å². The van der Waals surface area contributed by atoms with Gasteiger partial charge in [-0.1, -0.05) is 12.1 Å². The van der Waals surface area contributed by atoms with Crippen molar-refractivity contribution in [3.05, 3.63) is 57.8 Å². The van der Waals surface area contributed by atoms with Crippen molar-refractivity contribution in [1.82, 2.24) is 9.29 Å². The lowest BCUT2D eigenvalue weighted by molar-refractivity contribution is -0.387. The highest BCUT2D eigenvalue weighted by atomic mass is 32.2. The highest BCUT2D eigenvalue weighted by molar-refractivity contribution is 7.89. The third-order valence-corrected chi connectivity index (χ3v) is 5.78. The molecule has 1 saturated heterocycles. The summed E-state index contributed by atoms with van der Waals surface area (Å²) in [5.74, 6) is 0.354. The molecule has 0 aliphatic carbocycles. The van der Waals surface area contributed by atoms with E-state index in [-0.39, 0.29) is 13.1 Å². The highest BCUT2D eigenvalue weighted by Crippen LogP contribution is 2.30. The molecule has 0 unspecified atom stereocenters. The molecule has 26 heavy (non-hydrogen) atoms. The van der Waals surface area contributed by atoms with Crippen molar-refractivity contribution >= 4 is 27.6 Å². The van der Waals surface area contributed by atoms with E-state index in [0.29, 0.717) is 15.8 Å². The number of nitro benzene ring substituents is 1. The van der Waals surface area contributed by atoms with E-state index in [0.717, 1.165) is 17.7 Å². The van der Waals surface area contributed by atoms with E-state index < -0.39 is 31.6 Å². The molecule has 1 aliphatic rings. The van der Waals surface area contributed by atoms with Crippen molar-refractivity contribution in [1.29, 1.82) is 0 Å². The van der Waals surface area contributed by atoms with Gasteiger partial charge >= 0.3 is 6.03 Å². The zero-order chi connectivity index (χ0) is 19.1. The summed E-state index contributed by atoms with van der Waals surface area (Å²) in [7, 11) is -4.35. The van der Waals surface area contributed by atoms with Gasteiger partial charge in [-0.15, -0.1) is 0 Å². The number of nitrogens with zero attached hydrogens (tertiary/aromatic N) is 4. The molecule has 1 aromatic heterocycles. The number of para-hydroxylation sites is 1. The first-order chi connectivity index (χ1) is 12.2. The average molecular weight is 376 g/mol. The molecule has 10 heteroatoms. The second-order valence-electron chi connectivity index (χ2n) is 5.88. The Morgan fingerprint density at radius 3 is 2.50 bits per heavy atom. The molecule has 0 bridgehead atoms. The van der Waals surface area contributed by atoms with Crippen LogP contribution in [0.5, 0.6) is 0 Å². The van der Waals surface area contributed by atoms with Crippen molar-refractivity contribution in [2.24, 2.45) is 0 Å². The first-order valence-electron chi connectivity index (χ1n) is 7.75. The average Bonchev–Trinajstić information content (AvgIpc) is 2.96. The molecular formula is C16H16N4O5S. The van der Waals surface area contributed by atoms with E-state index in [9.17, 15) is 23.3 Å². The Bertz CT molecular complexity index is 985. The fourth-order valence-electron chi connectivity index (χ4n) is 2.86. The summed E-state index contributed by atoms with van der Waals surface area (Å²) in [4.78, 5) is 28.1. The molecule has 1 fully saturated rings. The van der Waals surface area contributed by atoms with Crippen LogP contribution in [0.3, 0.4) is 0 Å². The predicted octanol–water partition coefficient (Wildman–Crippen LogP) is 2.24. The molecule has 2 heterocycles. The van der Waals surface area contributed by atoms with Gasteiger partial charge in [0.1, 0.15) is 5.82 Å². The second-order valence-corrected chi connectivity index (χ2v) is 7.71. The summed E-state index contributed by atoms with van der Waals surface area (Å²) >= 11 is 0. The van der Waals surface area contributed by atoms with Crippen LogP contribution in [0.4, 0.5) is 16.3 Å². The van der Waals surface area contributed by atoms with Crippen LogP contribution in [0.2, 0.25) is 0 Å². The van der Waals surface area contributed by atoms with Gasteiger partial charge in [-0.3, -0.25) is 15.0 Å². The molecule has 9 nitrogen and oxygen atoms in total. The smallest absolute Gasteiger partial charge is 0.276 e. The molecule has 2 amide bonds. The first kappa shape index (κ1) is 17.8. The van der Waals surface area contributed by atoms with Gasteiger partial charge in [-0.2, -0.15) is 0 Å². The summed E-state index contributed by atoms with van der Waals surface area (Å²) < 4.78 is 26.3. The molecule has 0 atom stereocenters. The quantitative estimate of drug-likeness (QED) is 0.597. The third-order valence-electron chi connectivity index (χ3n) is 3.96. The molecule has 0 radical (unpaired) electrons. The summed E-state index contributed by atoms with van der Waals surface area (Å²) in [5.41, 5.74) is 1.02. The number of benzene rings is 1. The molecule has 2 aromatic rings. The number of carbonyl (C=O) groups excluding carboxylic acids is 1.